The monoisotopic (exact) mass is 285 g/mol. The molecule has 4 nitrogen and oxygen atoms in total. The summed E-state index contributed by atoms with van der Waals surface area (Å²) in [5, 5.41) is 3.62. The maximum atomic E-state index is 12.1. The molecule has 3 rings (SSSR count). The van der Waals surface area contributed by atoms with Crippen molar-refractivity contribution in [2.75, 3.05) is 0 Å². The molecule has 0 aliphatic heterocycles. The summed E-state index contributed by atoms with van der Waals surface area (Å²) in [6.45, 7) is 2.95. The molecule has 0 aromatic carbocycles. The Morgan fingerprint density at radius 1 is 1.33 bits per heavy atom. The van der Waals surface area contributed by atoms with Gasteiger partial charge in [0.1, 0.15) is 5.65 Å². The second-order valence-corrected chi connectivity index (χ2v) is 5.95. The number of fused-ring (bicyclic) bond motifs is 1. The molecule has 1 fully saturated rings. The van der Waals surface area contributed by atoms with Gasteiger partial charge in [-0.1, -0.05) is 32.3 Å². The molecule has 2 aromatic heterocycles. The Hall–Kier alpha value is -1.68. The number of hydrogen-bond donors (Lipinski definition) is 1. The molecule has 2 aromatic rings. The normalized spacial score (nSPS) is 22.5. The number of pyridine rings is 1. The molecular formula is C17H23N3O. The SMILES string of the molecule is CCC1CCCCC1NCc1cc(=O)n2ccccc2n1. The summed E-state index contributed by atoms with van der Waals surface area (Å²) in [4.78, 5) is 16.6. The van der Waals surface area contributed by atoms with Crippen molar-refractivity contribution >= 4 is 5.65 Å². The Morgan fingerprint density at radius 2 is 2.19 bits per heavy atom. The number of nitrogens with one attached hydrogen (secondary N) is 1. The Labute approximate surface area is 125 Å². The van der Waals surface area contributed by atoms with Gasteiger partial charge in [-0.05, 0) is 30.9 Å². The molecule has 0 spiro atoms. The molecule has 2 atom stereocenters. The van der Waals surface area contributed by atoms with E-state index in [9.17, 15) is 4.79 Å². The van der Waals surface area contributed by atoms with Crippen LogP contribution in [-0.2, 0) is 6.54 Å². The molecule has 4 heteroatoms. The molecule has 1 saturated carbocycles. The largest absolute Gasteiger partial charge is 0.308 e. The van der Waals surface area contributed by atoms with Gasteiger partial charge in [0.25, 0.3) is 5.56 Å². The van der Waals surface area contributed by atoms with Gasteiger partial charge in [-0.3, -0.25) is 9.20 Å². The van der Waals surface area contributed by atoms with Gasteiger partial charge in [-0.15, -0.1) is 0 Å². The van der Waals surface area contributed by atoms with Gasteiger partial charge in [0.15, 0.2) is 0 Å². The quantitative estimate of drug-likeness (QED) is 0.939. The molecule has 0 amide bonds. The molecule has 0 bridgehead atoms. The standard InChI is InChI=1S/C17H23N3O/c1-2-13-7-3-4-8-15(13)18-12-14-11-17(21)20-10-6-5-9-16(20)19-14/h5-6,9-11,13,15,18H,2-4,7-8,12H2,1H3. The Balaban J connectivity index is 1.74. The van der Waals surface area contributed by atoms with Gasteiger partial charge in [0.2, 0.25) is 0 Å². The second kappa shape index (κ2) is 6.39. The number of nitrogens with zero attached hydrogens (tertiary/aromatic N) is 2. The molecule has 2 unspecified atom stereocenters. The van der Waals surface area contributed by atoms with E-state index in [0.29, 0.717) is 12.6 Å². The van der Waals surface area contributed by atoms with E-state index in [-0.39, 0.29) is 5.56 Å². The zero-order chi connectivity index (χ0) is 14.7. The molecule has 0 saturated heterocycles. The Morgan fingerprint density at radius 3 is 3.05 bits per heavy atom. The van der Waals surface area contributed by atoms with Crippen LogP contribution >= 0.6 is 0 Å². The minimum atomic E-state index is -0.00640. The lowest BCUT2D eigenvalue weighted by Crippen LogP contribution is -2.38. The predicted octanol–water partition coefficient (Wildman–Crippen LogP) is 2.75. The van der Waals surface area contributed by atoms with Crippen LogP contribution in [0, 0.1) is 5.92 Å². The number of rotatable bonds is 4. The summed E-state index contributed by atoms with van der Waals surface area (Å²) >= 11 is 0. The van der Waals surface area contributed by atoms with E-state index in [1.54, 1.807) is 16.7 Å². The average Bonchev–Trinajstić information content (AvgIpc) is 2.53. The summed E-state index contributed by atoms with van der Waals surface area (Å²) in [6.07, 6.45) is 8.21. The molecular weight excluding hydrogens is 262 g/mol. The third kappa shape index (κ3) is 3.16. The van der Waals surface area contributed by atoms with Gasteiger partial charge in [-0.25, -0.2) is 4.98 Å². The summed E-state index contributed by atoms with van der Waals surface area (Å²) in [5.41, 5.74) is 1.55. The minimum Gasteiger partial charge on any atom is -0.308 e. The van der Waals surface area contributed by atoms with Crippen molar-refractivity contribution in [1.29, 1.82) is 0 Å². The highest BCUT2D eigenvalue weighted by Gasteiger charge is 2.23. The van der Waals surface area contributed by atoms with E-state index in [4.69, 9.17) is 0 Å². The molecule has 112 valence electrons. The van der Waals surface area contributed by atoms with Crippen molar-refractivity contribution in [2.24, 2.45) is 5.92 Å². The van der Waals surface area contributed by atoms with Crippen LogP contribution in [0.15, 0.2) is 35.3 Å². The zero-order valence-corrected chi connectivity index (χ0v) is 12.6. The number of aromatic nitrogens is 2. The molecule has 1 N–H and O–H groups in total. The van der Waals surface area contributed by atoms with E-state index < -0.39 is 0 Å². The van der Waals surface area contributed by atoms with Gasteiger partial charge in [0, 0.05) is 24.8 Å². The van der Waals surface area contributed by atoms with Crippen LogP contribution < -0.4 is 10.9 Å². The van der Waals surface area contributed by atoms with E-state index in [0.717, 1.165) is 17.3 Å². The summed E-state index contributed by atoms with van der Waals surface area (Å²) in [6, 6.07) is 7.85. The van der Waals surface area contributed by atoms with Crippen LogP contribution in [0.3, 0.4) is 0 Å². The molecule has 1 aliphatic rings. The first kappa shape index (κ1) is 14.3. The van der Waals surface area contributed by atoms with Crippen LogP contribution in [0.1, 0.15) is 44.7 Å². The van der Waals surface area contributed by atoms with Crippen LogP contribution in [0.2, 0.25) is 0 Å². The highest BCUT2D eigenvalue weighted by Crippen LogP contribution is 2.26. The number of hydrogen-bond acceptors (Lipinski definition) is 3. The van der Waals surface area contributed by atoms with Crippen molar-refractivity contribution in [3.63, 3.8) is 0 Å². The van der Waals surface area contributed by atoms with Crippen molar-refractivity contribution in [3.8, 4) is 0 Å². The average molecular weight is 285 g/mol. The lowest BCUT2D eigenvalue weighted by molar-refractivity contribution is 0.254. The zero-order valence-electron chi connectivity index (χ0n) is 12.6. The molecule has 1 aliphatic carbocycles. The third-order valence-corrected chi connectivity index (χ3v) is 4.60. The van der Waals surface area contributed by atoms with Gasteiger partial charge in [-0.2, -0.15) is 0 Å². The maximum absolute atomic E-state index is 12.1. The fourth-order valence-electron chi connectivity index (χ4n) is 3.39. The van der Waals surface area contributed by atoms with Crippen LogP contribution in [0.25, 0.3) is 5.65 Å². The van der Waals surface area contributed by atoms with Gasteiger partial charge >= 0.3 is 0 Å². The van der Waals surface area contributed by atoms with Crippen LogP contribution in [0.4, 0.5) is 0 Å². The Bertz CT molecular complexity index is 664. The van der Waals surface area contributed by atoms with Gasteiger partial charge < -0.3 is 5.32 Å². The topological polar surface area (TPSA) is 46.4 Å². The fraction of sp³-hybridized carbons (Fsp3) is 0.529. The Kier molecular flexibility index (Phi) is 4.34. The highest BCUT2D eigenvalue weighted by molar-refractivity contribution is 5.37. The molecule has 21 heavy (non-hydrogen) atoms. The lowest BCUT2D eigenvalue weighted by Gasteiger charge is -2.31. The predicted molar refractivity (Wildman–Crippen MR) is 84.3 cm³/mol. The van der Waals surface area contributed by atoms with E-state index >= 15 is 0 Å². The summed E-state index contributed by atoms with van der Waals surface area (Å²) in [5.74, 6) is 0.764. The van der Waals surface area contributed by atoms with E-state index in [2.05, 4.69) is 17.2 Å². The highest BCUT2D eigenvalue weighted by atomic mass is 16.1. The first-order chi connectivity index (χ1) is 10.3. The minimum absolute atomic E-state index is 0.00640. The van der Waals surface area contributed by atoms with Crippen LogP contribution in [-0.4, -0.2) is 15.4 Å². The lowest BCUT2D eigenvalue weighted by atomic mass is 9.83. The van der Waals surface area contributed by atoms with E-state index in [1.165, 1.54) is 32.1 Å². The van der Waals surface area contributed by atoms with Crippen molar-refractivity contribution in [2.45, 2.75) is 51.6 Å². The van der Waals surface area contributed by atoms with Gasteiger partial charge in [0.05, 0.1) is 5.69 Å². The molecule has 2 heterocycles. The third-order valence-electron chi connectivity index (χ3n) is 4.60. The fourth-order valence-corrected chi connectivity index (χ4v) is 3.39. The van der Waals surface area contributed by atoms with Crippen molar-refractivity contribution < 1.29 is 0 Å². The van der Waals surface area contributed by atoms with Crippen molar-refractivity contribution in [3.05, 3.63) is 46.5 Å². The maximum Gasteiger partial charge on any atom is 0.258 e. The second-order valence-electron chi connectivity index (χ2n) is 5.95. The summed E-state index contributed by atoms with van der Waals surface area (Å²) < 4.78 is 1.58. The first-order valence-electron chi connectivity index (χ1n) is 7.98. The van der Waals surface area contributed by atoms with E-state index in [1.807, 2.05) is 18.2 Å². The van der Waals surface area contributed by atoms with Crippen molar-refractivity contribution in [1.82, 2.24) is 14.7 Å². The first-order valence-corrected chi connectivity index (χ1v) is 7.98. The van der Waals surface area contributed by atoms with Crippen LogP contribution in [0.5, 0.6) is 0 Å². The summed E-state index contributed by atoms with van der Waals surface area (Å²) in [7, 11) is 0. The smallest absolute Gasteiger partial charge is 0.258 e. The molecule has 0 radical (unpaired) electrons.